The van der Waals surface area contributed by atoms with Crippen LogP contribution in [-0.4, -0.2) is 37.0 Å². The van der Waals surface area contributed by atoms with E-state index < -0.39 is 0 Å². The summed E-state index contributed by atoms with van der Waals surface area (Å²) < 4.78 is 0. The molecule has 0 aromatic heterocycles. The second kappa shape index (κ2) is 7.57. The Bertz CT molecular complexity index is 465. The van der Waals surface area contributed by atoms with Gasteiger partial charge < -0.3 is 11.1 Å². The first-order chi connectivity index (χ1) is 10.1. The predicted molar refractivity (Wildman–Crippen MR) is 87.4 cm³/mol. The van der Waals surface area contributed by atoms with Crippen LogP contribution in [0.2, 0.25) is 0 Å². The van der Waals surface area contributed by atoms with E-state index >= 15 is 0 Å². The van der Waals surface area contributed by atoms with Gasteiger partial charge in [0.1, 0.15) is 0 Å². The molecule has 1 amide bonds. The lowest BCUT2D eigenvalue weighted by molar-refractivity contribution is -0.117. The van der Waals surface area contributed by atoms with E-state index in [2.05, 4.69) is 10.2 Å². The van der Waals surface area contributed by atoms with E-state index in [1.54, 1.807) is 0 Å². The summed E-state index contributed by atoms with van der Waals surface area (Å²) in [6.07, 6.45) is 3.47. The van der Waals surface area contributed by atoms with E-state index in [-0.39, 0.29) is 5.91 Å². The number of hydrogen-bond donors (Lipinski definition) is 2. The molecule has 1 atom stereocenters. The molecule has 0 aliphatic carbocycles. The third-order valence-electron chi connectivity index (χ3n) is 4.29. The molecule has 0 saturated carbocycles. The number of carbonyl (C=O) groups is 1. The Labute approximate surface area is 127 Å². The van der Waals surface area contributed by atoms with Crippen molar-refractivity contribution in [3.05, 3.63) is 29.3 Å². The molecule has 1 heterocycles. The van der Waals surface area contributed by atoms with Gasteiger partial charge >= 0.3 is 0 Å². The Kier molecular flexibility index (Phi) is 5.76. The quantitative estimate of drug-likeness (QED) is 0.874. The zero-order valence-electron chi connectivity index (χ0n) is 13.2. The van der Waals surface area contributed by atoms with Gasteiger partial charge in [0.15, 0.2) is 0 Å². The summed E-state index contributed by atoms with van der Waals surface area (Å²) in [6.45, 7) is 7.29. The van der Waals surface area contributed by atoms with Crippen LogP contribution in [0.5, 0.6) is 0 Å². The third kappa shape index (κ3) is 4.55. The monoisotopic (exact) mass is 289 g/mol. The first kappa shape index (κ1) is 16.0. The third-order valence-corrected chi connectivity index (χ3v) is 4.29. The second-order valence-corrected chi connectivity index (χ2v) is 6.14. The van der Waals surface area contributed by atoms with E-state index in [1.807, 2.05) is 32.0 Å². The van der Waals surface area contributed by atoms with Crippen LogP contribution >= 0.6 is 0 Å². The van der Waals surface area contributed by atoms with Crippen molar-refractivity contribution >= 4 is 11.6 Å². The minimum Gasteiger partial charge on any atom is -0.330 e. The molecule has 1 aromatic carbocycles. The fraction of sp³-hybridized carbons (Fsp3) is 0.588. The van der Waals surface area contributed by atoms with E-state index in [1.165, 1.54) is 12.8 Å². The molecule has 1 saturated heterocycles. The summed E-state index contributed by atoms with van der Waals surface area (Å²) in [4.78, 5) is 14.5. The number of hydrogen-bond acceptors (Lipinski definition) is 3. The number of nitrogens with one attached hydrogen (secondary N) is 1. The highest BCUT2D eigenvalue weighted by atomic mass is 16.2. The largest absolute Gasteiger partial charge is 0.330 e. The molecule has 1 aliphatic heterocycles. The molecule has 116 valence electrons. The van der Waals surface area contributed by atoms with Crippen LogP contribution in [0.3, 0.4) is 0 Å². The van der Waals surface area contributed by atoms with Gasteiger partial charge in [0.25, 0.3) is 0 Å². The number of piperidine rings is 1. The number of nitrogens with zero attached hydrogens (tertiary/aromatic N) is 1. The number of rotatable bonds is 5. The Morgan fingerprint density at radius 1 is 1.38 bits per heavy atom. The number of benzene rings is 1. The zero-order chi connectivity index (χ0) is 15.2. The van der Waals surface area contributed by atoms with Crippen molar-refractivity contribution in [2.24, 2.45) is 11.7 Å². The summed E-state index contributed by atoms with van der Waals surface area (Å²) in [5.41, 5.74) is 8.83. The zero-order valence-corrected chi connectivity index (χ0v) is 13.2. The highest BCUT2D eigenvalue weighted by Gasteiger charge is 2.21. The van der Waals surface area contributed by atoms with Gasteiger partial charge in [-0.3, -0.25) is 9.69 Å². The fourth-order valence-electron chi connectivity index (χ4n) is 3.16. The highest BCUT2D eigenvalue weighted by Crippen LogP contribution is 2.21. The van der Waals surface area contributed by atoms with Gasteiger partial charge in [0.2, 0.25) is 5.91 Å². The molecule has 1 fully saturated rings. The minimum absolute atomic E-state index is 0.0841. The van der Waals surface area contributed by atoms with Gasteiger partial charge in [-0.05, 0) is 63.2 Å². The summed E-state index contributed by atoms with van der Waals surface area (Å²) in [7, 11) is 0. The molecule has 0 radical (unpaired) electrons. The average molecular weight is 289 g/mol. The smallest absolute Gasteiger partial charge is 0.238 e. The molecule has 1 unspecified atom stereocenters. The van der Waals surface area contributed by atoms with Crippen LogP contribution in [-0.2, 0) is 4.79 Å². The summed E-state index contributed by atoms with van der Waals surface area (Å²) >= 11 is 0. The van der Waals surface area contributed by atoms with Crippen LogP contribution in [0.1, 0.15) is 30.4 Å². The molecule has 3 N–H and O–H groups in total. The van der Waals surface area contributed by atoms with Gasteiger partial charge in [-0.2, -0.15) is 0 Å². The lowest BCUT2D eigenvalue weighted by Gasteiger charge is -2.32. The van der Waals surface area contributed by atoms with Crippen molar-refractivity contribution in [3.8, 4) is 0 Å². The standard InChI is InChI=1S/C17H27N3O/c1-13-5-3-6-14(2)17(13)19-16(21)12-20-10-4-7-15(11-20)8-9-18/h3,5-6,15H,4,7-12,18H2,1-2H3,(H,19,21). The van der Waals surface area contributed by atoms with E-state index in [0.717, 1.165) is 42.9 Å². The van der Waals surface area contributed by atoms with Gasteiger partial charge in [-0.25, -0.2) is 0 Å². The van der Waals surface area contributed by atoms with Gasteiger partial charge in [-0.15, -0.1) is 0 Å². The number of likely N-dealkylation sites (tertiary alicyclic amines) is 1. The maximum Gasteiger partial charge on any atom is 0.238 e. The maximum absolute atomic E-state index is 12.3. The lowest BCUT2D eigenvalue weighted by atomic mass is 9.95. The normalized spacial score (nSPS) is 19.5. The Morgan fingerprint density at radius 2 is 2.10 bits per heavy atom. The lowest BCUT2D eigenvalue weighted by Crippen LogP contribution is -2.41. The first-order valence-corrected chi connectivity index (χ1v) is 7.88. The number of nitrogens with two attached hydrogens (primary N) is 1. The van der Waals surface area contributed by atoms with Crippen molar-refractivity contribution in [1.82, 2.24) is 4.90 Å². The topological polar surface area (TPSA) is 58.4 Å². The van der Waals surface area contributed by atoms with Crippen molar-refractivity contribution in [2.75, 3.05) is 31.5 Å². The van der Waals surface area contributed by atoms with Crippen molar-refractivity contribution in [3.63, 3.8) is 0 Å². The molecule has 4 heteroatoms. The SMILES string of the molecule is Cc1cccc(C)c1NC(=O)CN1CCCC(CCN)C1. The van der Waals surface area contributed by atoms with Gasteiger partial charge in [-0.1, -0.05) is 18.2 Å². The number of aryl methyl sites for hydroxylation is 2. The van der Waals surface area contributed by atoms with Crippen molar-refractivity contribution < 1.29 is 4.79 Å². The number of carbonyl (C=O) groups excluding carboxylic acids is 1. The first-order valence-electron chi connectivity index (χ1n) is 7.88. The van der Waals surface area contributed by atoms with E-state index in [9.17, 15) is 4.79 Å². The maximum atomic E-state index is 12.3. The Morgan fingerprint density at radius 3 is 2.76 bits per heavy atom. The molecule has 4 nitrogen and oxygen atoms in total. The van der Waals surface area contributed by atoms with Gasteiger partial charge in [0.05, 0.1) is 6.54 Å². The molecular formula is C17H27N3O. The summed E-state index contributed by atoms with van der Waals surface area (Å²) in [6, 6.07) is 6.07. The second-order valence-electron chi connectivity index (χ2n) is 6.14. The summed E-state index contributed by atoms with van der Waals surface area (Å²) in [5.74, 6) is 0.734. The predicted octanol–water partition coefficient (Wildman–Crippen LogP) is 2.30. The van der Waals surface area contributed by atoms with E-state index in [4.69, 9.17) is 5.73 Å². The molecule has 0 bridgehead atoms. The Hall–Kier alpha value is -1.39. The van der Waals surface area contributed by atoms with Crippen LogP contribution in [0, 0.1) is 19.8 Å². The number of anilines is 1. The molecule has 2 rings (SSSR count). The average Bonchev–Trinajstić information content (AvgIpc) is 2.44. The summed E-state index contributed by atoms with van der Waals surface area (Å²) in [5, 5.41) is 3.07. The van der Waals surface area contributed by atoms with Crippen LogP contribution in [0.4, 0.5) is 5.69 Å². The van der Waals surface area contributed by atoms with Crippen molar-refractivity contribution in [1.29, 1.82) is 0 Å². The van der Waals surface area contributed by atoms with Crippen molar-refractivity contribution in [2.45, 2.75) is 33.1 Å². The molecule has 0 spiro atoms. The minimum atomic E-state index is 0.0841. The van der Waals surface area contributed by atoms with E-state index in [0.29, 0.717) is 12.5 Å². The molecular weight excluding hydrogens is 262 g/mol. The number of amides is 1. The molecule has 21 heavy (non-hydrogen) atoms. The highest BCUT2D eigenvalue weighted by molar-refractivity contribution is 5.93. The molecule has 1 aliphatic rings. The van der Waals surface area contributed by atoms with Crippen LogP contribution in [0.15, 0.2) is 18.2 Å². The fourth-order valence-corrected chi connectivity index (χ4v) is 3.16. The Balaban J connectivity index is 1.89. The molecule has 1 aromatic rings. The van der Waals surface area contributed by atoms with Gasteiger partial charge in [0, 0.05) is 12.2 Å². The number of para-hydroxylation sites is 1. The van der Waals surface area contributed by atoms with Crippen LogP contribution in [0.25, 0.3) is 0 Å². The van der Waals surface area contributed by atoms with Crippen LogP contribution < -0.4 is 11.1 Å².